The monoisotopic (exact) mass is 670 g/mol. The predicted octanol–water partition coefficient (Wildman–Crippen LogP) is 4.99. The summed E-state index contributed by atoms with van der Waals surface area (Å²) in [5.74, 6) is -7.68. The van der Waals surface area contributed by atoms with Crippen molar-refractivity contribution in [2.45, 2.75) is 25.7 Å². The molecule has 3 aromatic rings. The quantitative estimate of drug-likeness (QED) is 0.259. The summed E-state index contributed by atoms with van der Waals surface area (Å²) in [7, 11) is 0. The number of carboxylic acid groups (broad SMARTS) is 1. The lowest BCUT2D eigenvalue weighted by atomic mass is 9.51. The number of amides is 4. The molecule has 10 nitrogen and oxygen atoms in total. The van der Waals surface area contributed by atoms with E-state index in [1.54, 1.807) is 49.4 Å². The van der Waals surface area contributed by atoms with Crippen LogP contribution in [-0.2, 0) is 19.2 Å². The van der Waals surface area contributed by atoms with Crippen molar-refractivity contribution in [3.63, 3.8) is 0 Å². The van der Waals surface area contributed by atoms with Gasteiger partial charge in [0.1, 0.15) is 17.1 Å². The molecule has 0 aromatic heterocycles. The van der Waals surface area contributed by atoms with Gasteiger partial charge in [-0.05, 0) is 68.1 Å². The lowest BCUT2D eigenvalue weighted by Crippen LogP contribution is -2.48. The SMILES string of the molecule is CC12C(=O)N(c3ccccc3)C(=O)C1CC1C(=CCC3C(=O)N(c4ccc(C(=O)O)c(O)c4)C(=O)C31)C2c1cc(Br)ccc1O. The van der Waals surface area contributed by atoms with E-state index in [0.29, 0.717) is 21.3 Å². The number of aromatic carboxylic acids is 1. The summed E-state index contributed by atoms with van der Waals surface area (Å²) in [5, 5.41) is 30.8. The zero-order chi connectivity index (χ0) is 31.9. The Morgan fingerprint density at radius 2 is 1.58 bits per heavy atom. The Morgan fingerprint density at radius 1 is 0.844 bits per heavy atom. The Morgan fingerprint density at radius 3 is 2.27 bits per heavy atom. The van der Waals surface area contributed by atoms with Gasteiger partial charge in [-0.3, -0.25) is 19.2 Å². The van der Waals surface area contributed by atoms with Crippen LogP contribution in [0, 0.1) is 29.1 Å². The number of carboxylic acids is 1. The number of fused-ring (bicyclic) bond motifs is 4. The lowest BCUT2D eigenvalue weighted by Gasteiger charge is -2.49. The third-order valence-corrected chi connectivity index (χ3v) is 10.6. The minimum atomic E-state index is -1.35. The Balaban J connectivity index is 1.36. The first kappa shape index (κ1) is 29.0. The minimum Gasteiger partial charge on any atom is -0.508 e. The molecule has 0 radical (unpaired) electrons. The molecular weight excluding hydrogens is 644 g/mol. The van der Waals surface area contributed by atoms with E-state index in [2.05, 4.69) is 15.9 Å². The van der Waals surface area contributed by atoms with E-state index in [0.717, 1.165) is 17.0 Å². The van der Waals surface area contributed by atoms with Crippen molar-refractivity contribution < 1.29 is 39.3 Å². The molecule has 4 amide bonds. The number of hydrogen-bond acceptors (Lipinski definition) is 7. The smallest absolute Gasteiger partial charge is 0.339 e. The Bertz CT molecular complexity index is 1870. The molecule has 6 unspecified atom stereocenters. The molecule has 0 bridgehead atoms. The number of aromatic hydroxyl groups is 2. The molecule has 7 rings (SSSR count). The van der Waals surface area contributed by atoms with Gasteiger partial charge >= 0.3 is 5.97 Å². The number of carbonyl (C=O) groups is 5. The molecule has 2 saturated heterocycles. The summed E-state index contributed by atoms with van der Waals surface area (Å²) in [6.07, 6.45) is 2.20. The van der Waals surface area contributed by atoms with Gasteiger partial charge in [-0.2, -0.15) is 0 Å². The van der Waals surface area contributed by atoms with Crippen molar-refractivity contribution in [1.82, 2.24) is 0 Å². The molecule has 3 aromatic carbocycles. The second-order valence-electron chi connectivity index (χ2n) is 12.2. The van der Waals surface area contributed by atoms with E-state index >= 15 is 0 Å². The highest BCUT2D eigenvalue weighted by Crippen LogP contribution is 2.64. The van der Waals surface area contributed by atoms with Crippen LogP contribution in [0.25, 0.3) is 0 Å². The average Bonchev–Trinajstić information content (AvgIpc) is 3.38. The molecule has 3 N–H and O–H groups in total. The molecule has 1 saturated carbocycles. The third-order valence-electron chi connectivity index (χ3n) is 10.1. The van der Waals surface area contributed by atoms with E-state index in [4.69, 9.17) is 0 Å². The van der Waals surface area contributed by atoms with Gasteiger partial charge in [-0.15, -0.1) is 0 Å². The van der Waals surface area contributed by atoms with Crippen molar-refractivity contribution in [2.75, 3.05) is 9.80 Å². The van der Waals surface area contributed by atoms with E-state index in [1.807, 2.05) is 6.08 Å². The molecule has 45 heavy (non-hydrogen) atoms. The number of anilines is 2. The zero-order valence-electron chi connectivity index (χ0n) is 23.9. The van der Waals surface area contributed by atoms with Gasteiger partial charge in [0, 0.05) is 22.0 Å². The molecular formula is C34H27BrN2O8. The van der Waals surface area contributed by atoms with Crippen molar-refractivity contribution in [1.29, 1.82) is 0 Å². The molecule has 6 atom stereocenters. The Labute approximate surface area is 265 Å². The molecule has 2 heterocycles. The zero-order valence-corrected chi connectivity index (χ0v) is 25.5. The highest BCUT2D eigenvalue weighted by atomic mass is 79.9. The summed E-state index contributed by atoms with van der Waals surface area (Å²) in [6, 6.07) is 17.1. The van der Waals surface area contributed by atoms with Crippen LogP contribution in [0.2, 0.25) is 0 Å². The number of hydrogen-bond donors (Lipinski definition) is 3. The van der Waals surface area contributed by atoms with Crippen LogP contribution < -0.4 is 9.80 Å². The van der Waals surface area contributed by atoms with Crippen molar-refractivity contribution >= 4 is 56.9 Å². The molecule has 11 heteroatoms. The van der Waals surface area contributed by atoms with Gasteiger partial charge in [0.15, 0.2) is 0 Å². The first-order chi connectivity index (χ1) is 21.4. The number of benzene rings is 3. The summed E-state index contributed by atoms with van der Waals surface area (Å²) < 4.78 is 0.659. The average molecular weight is 672 g/mol. The number of imide groups is 2. The van der Waals surface area contributed by atoms with Crippen LogP contribution in [0.3, 0.4) is 0 Å². The lowest BCUT2D eigenvalue weighted by molar-refractivity contribution is -0.131. The van der Waals surface area contributed by atoms with Gasteiger partial charge in [0.25, 0.3) is 0 Å². The maximum absolute atomic E-state index is 14.4. The van der Waals surface area contributed by atoms with Crippen LogP contribution in [0.5, 0.6) is 11.5 Å². The fourth-order valence-electron chi connectivity index (χ4n) is 8.03. The second-order valence-corrected chi connectivity index (χ2v) is 13.1. The largest absolute Gasteiger partial charge is 0.508 e. The van der Waals surface area contributed by atoms with Crippen molar-refractivity contribution in [3.8, 4) is 11.5 Å². The number of phenols is 2. The number of rotatable bonds is 4. The standard InChI is InChI=1S/C34H27BrN2O8/c1-34-24(30(41)37(33(34)45)17-5-3-2-4-6-17)15-22-19(28(34)23-13-16(35)7-12-25(23)38)10-11-21-27(22)31(42)36(29(21)40)18-8-9-20(32(43)44)26(39)14-18/h2-10,12-14,21-22,24,27-28,38-39H,11,15H2,1H3,(H,43,44). The predicted molar refractivity (Wildman–Crippen MR) is 164 cm³/mol. The maximum Gasteiger partial charge on any atom is 0.339 e. The summed E-state index contributed by atoms with van der Waals surface area (Å²) in [5.41, 5.74) is -0.0401. The van der Waals surface area contributed by atoms with Gasteiger partial charge in [0.05, 0.1) is 34.5 Å². The maximum atomic E-state index is 14.4. The molecule has 2 aliphatic carbocycles. The molecule has 4 aliphatic rings. The summed E-state index contributed by atoms with van der Waals surface area (Å²) in [4.78, 5) is 70.1. The van der Waals surface area contributed by atoms with E-state index in [1.165, 1.54) is 17.0 Å². The van der Waals surface area contributed by atoms with Gasteiger partial charge in [-0.1, -0.05) is 45.8 Å². The topological polar surface area (TPSA) is 153 Å². The van der Waals surface area contributed by atoms with Gasteiger partial charge < -0.3 is 15.3 Å². The fourth-order valence-corrected chi connectivity index (χ4v) is 8.41. The Kier molecular flexibility index (Phi) is 6.52. The molecule has 0 spiro atoms. The van der Waals surface area contributed by atoms with Crippen LogP contribution in [0.15, 0.2) is 82.9 Å². The van der Waals surface area contributed by atoms with E-state index in [9.17, 15) is 39.3 Å². The highest BCUT2D eigenvalue weighted by molar-refractivity contribution is 9.10. The molecule has 2 aliphatic heterocycles. The summed E-state index contributed by atoms with van der Waals surface area (Å²) in [6.45, 7) is 1.75. The Hall–Kier alpha value is -4.77. The third kappa shape index (κ3) is 4.03. The second kappa shape index (κ2) is 10.1. The first-order valence-corrected chi connectivity index (χ1v) is 15.3. The van der Waals surface area contributed by atoms with Crippen LogP contribution in [0.4, 0.5) is 11.4 Å². The number of allylic oxidation sites excluding steroid dienone is 2. The number of nitrogens with zero attached hydrogens (tertiary/aromatic N) is 2. The number of para-hydroxylation sites is 1. The normalized spacial score (nSPS) is 28.9. The summed E-state index contributed by atoms with van der Waals surface area (Å²) >= 11 is 3.48. The number of carbonyl (C=O) groups excluding carboxylic acids is 4. The number of halogens is 1. The van der Waals surface area contributed by atoms with Crippen molar-refractivity contribution in [3.05, 3.63) is 94.0 Å². The van der Waals surface area contributed by atoms with Crippen LogP contribution in [-0.4, -0.2) is 44.9 Å². The van der Waals surface area contributed by atoms with Crippen molar-refractivity contribution in [2.24, 2.45) is 29.1 Å². The minimum absolute atomic E-state index is 0.0488. The van der Waals surface area contributed by atoms with Crippen LogP contribution in [0.1, 0.15) is 41.6 Å². The highest BCUT2D eigenvalue weighted by Gasteiger charge is 2.68. The fraction of sp³-hybridized carbons (Fsp3) is 0.265. The van der Waals surface area contributed by atoms with E-state index < -0.39 is 70.4 Å². The van der Waals surface area contributed by atoms with Gasteiger partial charge in [-0.25, -0.2) is 14.6 Å². The first-order valence-electron chi connectivity index (χ1n) is 14.5. The van der Waals surface area contributed by atoms with Crippen LogP contribution >= 0.6 is 15.9 Å². The number of phenolic OH excluding ortho intramolecular Hbond substituents is 1. The molecule has 3 fully saturated rings. The van der Waals surface area contributed by atoms with Gasteiger partial charge in [0.2, 0.25) is 23.6 Å². The van der Waals surface area contributed by atoms with E-state index in [-0.39, 0.29) is 29.8 Å². The molecule has 228 valence electrons.